The monoisotopic (exact) mass is 411 g/mol. The quantitative estimate of drug-likeness (QED) is 0.468. The van der Waals surface area contributed by atoms with Crippen molar-refractivity contribution in [3.63, 3.8) is 0 Å². The first-order valence-corrected chi connectivity index (χ1v) is 10.2. The van der Waals surface area contributed by atoms with Gasteiger partial charge in [-0.25, -0.2) is 14.5 Å². The molecule has 7 heteroatoms. The van der Waals surface area contributed by atoms with Gasteiger partial charge in [-0.2, -0.15) is 5.10 Å². The smallest absolute Gasteiger partial charge is 0.291 e. The molecular formula is C24H21N5O2. The maximum Gasteiger partial charge on any atom is 0.327 e. The first kappa shape index (κ1) is 19.0. The van der Waals surface area contributed by atoms with Gasteiger partial charge >= 0.3 is 5.69 Å². The van der Waals surface area contributed by atoms with Gasteiger partial charge < -0.3 is 0 Å². The number of nitrogens with zero attached hydrogens (tertiary/aromatic N) is 3. The van der Waals surface area contributed by atoms with Crippen molar-refractivity contribution in [3.8, 4) is 16.8 Å². The van der Waals surface area contributed by atoms with Gasteiger partial charge in [0.1, 0.15) is 5.65 Å². The lowest BCUT2D eigenvalue weighted by atomic mass is 9.95. The van der Waals surface area contributed by atoms with Crippen LogP contribution in [-0.4, -0.2) is 24.7 Å². The van der Waals surface area contributed by atoms with E-state index in [0.717, 1.165) is 22.3 Å². The van der Waals surface area contributed by atoms with Crippen LogP contribution in [0.15, 0.2) is 64.2 Å². The molecule has 0 radical (unpaired) electrons. The van der Waals surface area contributed by atoms with Crippen molar-refractivity contribution in [1.82, 2.24) is 24.7 Å². The molecule has 0 bridgehead atoms. The molecule has 2 N–H and O–H groups in total. The summed E-state index contributed by atoms with van der Waals surface area (Å²) in [6, 6.07) is 17.8. The second-order valence-electron chi connectivity index (χ2n) is 7.93. The summed E-state index contributed by atoms with van der Waals surface area (Å²) in [4.78, 5) is 34.5. The molecule has 0 aliphatic rings. The zero-order valence-electron chi connectivity index (χ0n) is 17.4. The Labute approximate surface area is 177 Å². The maximum absolute atomic E-state index is 12.9. The molecule has 154 valence electrons. The second-order valence-corrected chi connectivity index (χ2v) is 7.93. The fourth-order valence-electron chi connectivity index (χ4n) is 4.00. The molecular weight excluding hydrogens is 390 g/mol. The minimum atomic E-state index is -0.590. The van der Waals surface area contributed by atoms with E-state index in [2.05, 4.69) is 40.9 Å². The van der Waals surface area contributed by atoms with Crippen LogP contribution in [0.1, 0.15) is 31.0 Å². The number of rotatable bonds is 3. The predicted molar refractivity (Wildman–Crippen MR) is 122 cm³/mol. The van der Waals surface area contributed by atoms with Gasteiger partial charge in [0.2, 0.25) is 0 Å². The van der Waals surface area contributed by atoms with E-state index in [9.17, 15) is 9.59 Å². The van der Waals surface area contributed by atoms with Gasteiger partial charge in [-0.15, -0.1) is 0 Å². The molecule has 5 aromatic rings. The summed E-state index contributed by atoms with van der Waals surface area (Å²) < 4.78 is 1.75. The molecule has 31 heavy (non-hydrogen) atoms. The molecule has 3 heterocycles. The number of hydrogen-bond acceptors (Lipinski definition) is 4. The van der Waals surface area contributed by atoms with E-state index in [4.69, 9.17) is 5.10 Å². The van der Waals surface area contributed by atoms with Crippen molar-refractivity contribution in [2.24, 2.45) is 0 Å². The molecule has 0 saturated carbocycles. The lowest BCUT2D eigenvalue weighted by molar-refractivity contribution is 0.867. The summed E-state index contributed by atoms with van der Waals surface area (Å²) in [5.41, 5.74) is 4.15. The normalized spacial score (nSPS) is 11.6. The zero-order chi connectivity index (χ0) is 21.7. The molecule has 3 aromatic heterocycles. The molecule has 0 atom stereocenters. The fourth-order valence-corrected chi connectivity index (χ4v) is 4.00. The minimum Gasteiger partial charge on any atom is -0.291 e. The molecule has 0 spiro atoms. The molecule has 0 fully saturated rings. The Kier molecular flexibility index (Phi) is 4.32. The number of benzene rings is 2. The van der Waals surface area contributed by atoms with Crippen LogP contribution in [0.2, 0.25) is 0 Å². The highest BCUT2D eigenvalue weighted by Crippen LogP contribution is 2.35. The van der Waals surface area contributed by atoms with Gasteiger partial charge in [0.15, 0.2) is 5.65 Å². The van der Waals surface area contributed by atoms with Crippen molar-refractivity contribution >= 4 is 22.1 Å². The number of aryl methyl sites for hydroxylation is 1. The highest BCUT2D eigenvalue weighted by molar-refractivity contribution is 6.08. The average molecular weight is 411 g/mol. The SMILES string of the molecule is Cc1nn(-c2ccccc2)c2nc3[nH]c(=O)[nH]c(=O)c3c(-c3ccc(C(C)C)cc3)c12. The van der Waals surface area contributed by atoms with E-state index in [1.54, 1.807) is 4.68 Å². The van der Waals surface area contributed by atoms with E-state index in [1.807, 2.05) is 49.4 Å². The average Bonchev–Trinajstić information content (AvgIpc) is 3.09. The summed E-state index contributed by atoms with van der Waals surface area (Å²) in [7, 11) is 0. The van der Waals surface area contributed by atoms with Crippen LogP contribution in [0.4, 0.5) is 0 Å². The Bertz CT molecular complexity index is 1540. The number of aromatic amines is 2. The van der Waals surface area contributed by atoms with Crippen molar-refractivity contribution in [2.45, 2.75) is 26.7 Å². The Morgan fingerprint density at radius 1 is 0.903 bits per heavy atom. The van der Waals surface area contributed by atoms with Crippen molar-refractivity contribution < 1.29 is 0 Å². The molecule has 5 rings (SSSR count). The Morgan fingerprint density at radius 2 is 1.61 bits per heavy atom. The van der Waals surface area contributed by atoms with Crippen LogP contribution in [0.3, 0.4) is 0 Å². The number of aromatic nitrogens is 5. The molecule has 2 aromatic carbocycles. The highest BCUT2D eigenvalue weighted by Gasteiger charge is 2.21. The number of nitrogens with one attached hydrogen (secondary N) is 2. The van der Waals surface area contributed by atoms with E-state index in [-0.39, 0.29) is 5.65 Å². The summed E-state index contributed by atoms with van der Waals surface area (Å²) in [5, 5.41) is 5.85. The number of pyridine rings is 1. The molecule has 0 aliphatic carbocycles. The van der Waals surface area contributed by atoms with Crippen molar-refractivity contribution in [3.05, 3.63) is 86.7 Å². The van der Waals surface area contributed by atoms with Crippen LogP contribution < -0.4 is 11.2 Å². The summed E-state index contributed by atoms with van der Waals surface area (Å²) in [6.07, 6.45) is 0. The van der Waals surface area contributed by atoms with Gasteiger partial charge in [0, 0.05) is 5.56 Å². The predicted octanol–water partition coefficient (Wildman–Crippen LogP) is 4.05. The summed E-state index contributed by atoms with van der Waals surface area (Å²) >= 11 is 0. The van der Waals surface area contributed by atoms with Gasteiger partial charge in [-0.05, 0) is 36.1 Å². The molecule has 0 unspecified atom stereocenters. The fraction of sp³-hybridized carbons (Fsp3) is 0.167. The van der Waals surface area contributed by atoms with E-state index in [1.165, 1.54) is 5.56 Å². The zero-order valence-corrected chi connectivity index (χ0v) is 17.4. The number of fused-ring (bicyclic) bond motifs is 2. The van der Waals surface area contributed by atoms with Crippen LogP contribution in [0.25, 0.3) is 38.9 Å². The first-order chi connectivity index (χ1) is 14.9. The van der Waals surface area contributed by atoms with Crippen molar-refractivity contribution in [1.29, 1.82) is 0 Å². The summed E-state index contributed by atoms with van der Waals surface area (Å²) in [6.45, 7) is 6.18. The third-order valence-corrected chi connectivity index (χ3v) is 5.54. The van der Waals surface area contributed by atoms with Gasteiger partial charge in [-0.3, -0.25) is 14.8 Å². The Hall–Kier alpha value is -4.00. The van der Waals surface area contributed by atoms with Crippen LogP contribution in [0, 0.1) is 6.92 Å². The lowest BCUT2D eigenvalue weighted by Crippen LogP contribution is -2.23. The topological polar surface area (TPSA) is 96.4 Å². The number of H-pyrrole nitrogens is 2. The van der Waals surface area contributed by atoms with E-state index >= 15 is 0 Å². The molecule has 0 saturated heterocycles. The van der Waals surface area contributed by atoms with E-state index in [0.29, 0.717) is 22.5 Å². The van der Waals surface area contributed by atoms with E-state index < -0.39 is 11.2 Å². The van der Waals surface area contributed by atoms with Crippen LogP contribution >= 0.6 is 0 Å². The van der Waals surface area contributed by atoms with Crippen molar-refractivity contribution in [2.75, 3.05) is 0 Å². The van der Waals surface area contributed by atoms with Gasteiger partial charge in [-0.1, -0.05) is 56.3 Å². The first-order valence-electron chi connectivity index (χ1n) is 10.2. The van der Waals surface area contributed by atoms with Crippen LogP contribution in [-0.2, 0) is 0 Å². The molecule has 7 nitrogen and oxygen atoms in total. The van der Waals surface area contributed by atoms with Gasteiger partial charge in [0.05, 0.1) is 22.2 Å². The minimum absolute atomic E-state index is 0.237. The number of hydrogen-bond donors (Lipinski definition) is 2. The third kappa shape index (κ3) is 3.06. The second kappa shape index (κ2) is 7.05. The van der Waals surface area contributed by atoms with Crippen LogP contribution in [0.5, 0.6) is 0 Å². The largest absolute Gasteiger partial charge is 0.327 e. The lowest BCUT2D eigenvalue weighted by Gasteiger charge is -2.11. The molecule has 0 aliphatic heterocycles. The Balaban J connectivity index is 1.94. The third-order valence-electron chi connectivity index (χ3n) is 5.54. The maximum atomic E-state index is 12.9. The highest BCUT2D eigenvalue weighted by atomic mass is 16.2. The summed E-state index contributed by atoms with van der Waals surface area (Å²) in [5.74, 6) is 0.394. The number of para-hydroxylation sites is 1. The molecule has 0 amide bonds. The standard InChI is InChI=1S/C24H21N5O2/c1-13(2)15-9-11-16(12-10-15)19-18-14(3)28-29(17-7-5-4-6-8-17)22(18)25-21-20(19)23(30)27-24(31)26-21/h4-13H,1-3H3,(H2,25,26,27,30,31). The Morgan fingerprint density at radius 3 is 2.29 bits per heavy atom. The van der Waals surface area contributed by atoms with Gasteiger partial charge in [0.25, 0.3) is 5.56 Å².